The first-order valence-electron chi connectivity index (χ1n) is 7.41. The van der Waals surface area contributed by atoms with Gasteiger partial charge >= 0.3 is 0 Å². The highest BCUT2D eigenvalue weighted by atomic mass is 16.5. The maximum Gasteiger partial charge on any atom is 0.121 e. The summed E-state index contributed by atoms with van der Waals surface area (Å²) in [5.74, 6) is 0.826. The fourth-order valence-electron chi connectivity index (χ4n) is 2.93. The smallest absolute Gasteiger partial charge is 0.121 e. The summed E-state index contributed by atoms with van der Waals surface area (Å²) in [6, 6.07) is 12.4. The normalized spacial score (nSPS) is 11.4. The lowest BCUT2D eigenvalue weighted by molar-refractivity contribution is 0.415. The van der Waals surface area contributed by atoms with Gasteiger partial charge in [-0.25, -0.2) is 4.98 Å². The summed E-state index contributed by atoms with van der Waals surface area (Å²) in [4.78, 5) is 7.81. The van der Waals surface area contributed by atoms with Crippen LogP contribution in [0.4, 0.5) is 0 Å². The number of rotatable bonds is 3. The van der Waals surface area contributed by atoms with Crippen molar-refractivity contribution < 1.29 is 4.74 Å². The van der Waals surface area contributed by atoms with Gasteiger partial charge < -0.3 is 9.72 Å². The second-order valence-electron chi connectivity index (χ2n) is 5.37. The molecule has 1 N–H and O–H groups in total. The molecular formula is C18H17N3O. The first-order valence-corrected chi connectivity index (χ1v) is 7.41. The van der Waals surface area contributed by atoms with E-state index < -0.39 is 0 Å². The Hall–Kier alpha value is -2.75. The molecular weight excluding hydrogens is 274 g/mol. The molecule has 0 unspecified atom stereocenters. The second-order valence-corrected chi connectivity index (χ2v) is 5.37. The summed E-state index contributed by atoms with van der Waals surface area (Å²) in [5.41, 5.74) is 5.64. The highest BCUT2D eigenvalue weighted by Gasteiger charge is 2.08. The van der Waals surface area contributed by atoms with Crippen molar-refractivity contribution in [2.24, 2.45) is 0 Å². The number of hydrogen-bond acceptors (Lipinski definition) is 2. The zero-order valence-electron chi connectivity index (χ0n) is 12.6. The average Bonchev–Trinajstić information content (AvgIpc) is 3.17. The maximum atomic E-state index is 5.26. The zero-order chi connectivity index (χ0) is 15.1. The zero-order valence-corrected chi connectivity index (χ0v) is 12.6. The third kappa shape index (κ3) is 1.88. The van der Waals surface area contributed by atoms with Gasteiger partial charge in [-0.2, -0.15) is 0 Å². The maximum absolute atomic E-state index is 5.26. The number of nitrogens with one attached hydrogen (secondary N) is 1. The van der Waals surface area contributed by atoms with Crippen molar-refractivity contribution in [2.75, 3.05) is 7.11 Å². The van der Waals surface area contributed by atoms with E-state index in [4.69, 9.17) is 4.74 Å². The Morgan fingerprint density at radius 3 is 2.91 bits per heavy atom. The van der Waals surface area contributed by atoms with E-state index >= 15 is 0 Å². The fourth-order valence-corrected chi connectivity index (χ4v) is 2.93. The van der Waals surface area contributed by atoms with Gasteiger partial charge in [0.25, 0.3) is 0 Å². The molecule has 0 radical (unpaired) electrons. The molecule has 22 heavy (non-hydrogen) atoms. The van der Waals surface area contributed by atoms with Gasteiger partial charge in [-0.15, -0.1) is 0 Å². The topological polar surface area (TPSA) is 42.8 Å². The standard InChI is InChI=1S/C18H17N3O/c1-3-12-10-19-16-6-4-13(8-15(12)16)21-11-20-17-9-14(22-2)5-7-18(17)21/h4-11,19H,3H2,1-2H3. The predicted octanol–water partition coefficient (Wildman–Crippen LogP) is 4.08. The van der Waals surface area contributed by atoms with Crippen LogP contribution in [0.1, 0.15) is 12.5 Å². The largest absolute Gasteiger partial charge is 0.497 e. The van der Waals surface area contributed by atoms with E-state index in [9.17, 15) is 0 Å². The Kier molecular flexibility index (Phi) is 2.89. The molecule has 0 saturated heterocycles. The Balaban J connectivity index is 1.90. The van der Waals surface area contributed by atoms with Crippen LogP contribution in [-0.2, 0) is 6.42 Å². The summed E-state index contributed by atoms with van der Waals surface area (Å²) < 4.78 is 7.37. The van der Waals surface area contributed by atoms with Gasteiger partial charge in [-0.3, -0.25) is 4.57 Å². The Morgan fingerprint density at radius 1 is 1.18 bits per heavy atom. The van der Waals surface area contributed by atoms with Crippen LogP contribution >= 0.6 is 0 Å². The predicted molar refractivity (Wildman–Crippen MR) is 88.9 cm³/mol. The molecule has 2 aromatic carbocycles. The highest BCUT2D eigenvalue weighted by molar-refractivity contribution is 5.86. The second kappa shape index (κ2) is 4.91. The number of hydrogen-bond donors (Lipinski definition) is 1. The lowest BCUT2D eigenvalue weighted by Crippen LogP contribution is -1.92. The van der Waals surface area contributed by atoms with Gasteiger partial charge in [0, 0.05) is 28.9 Å². The molecule has 4 rings (SSSR count). The van der Waals surface area contributed by atoms with Crippen molar-refractivity contribution in [1.29, 1.82) is 0 Å². The van der Waals surface area contributed by atoms with Crippen molar-refractivity contribution in [1.82, 2.24) is 14.5 Å². The van der Waals surface area contributed by atoms with Gasteiger partial charge in [0.05, 0.1) is 18.1 Å². The number of imidazole rings is 1. The van der Waals surface area contributed by atoms with Crippen LogP contribution in [0.2, 0.25) is 0 Å². The molecule has 0 bridgehead atoms. The number of benzene rings is 2. The summed E-state index contributed by atoms with van der Waals surface area (Å²) in [5, 5.41) is 1.27. The molecule has 4 nitrogen and oxygen atoms in total. The summed E-state index contributed by atoms with van der Waals surface area (Å²) in [6.45, 7) is 2.17. The molecule has 0 fully saturated rings. The van der Waals surface area contributed by atoms with Gasteiger partial charge in [0.2, 0.25) is 0 Å². The van der Waals surface area contributed by atoms with Crippen molar-refractivity contribution >= 4 is 21.9 Å². The Morgan fingerprint density at radius 2 is 2.09 bits per heavy atom. The SMILES string of the molecule is CCc1c[nH]c2ccc(-n3cnc4cc(OC)ccc43)cc12. The summed E-state index contributed by atoms with van der Waals surface area (Å²) in [6.07, 6.45) is 4.97. The average molecular weight is 291 g/mol. The highest BCUT2D eigenvalue weighted by Crippen LogP contribution is 2.26. The first kappa shape index (κ1) is 13.0. The van der Waals surface area contributed by atoms with Gasteiger partial charge in [-0.05, 0) is 42.3 Å². The van der Waals surface area contributed by atoms with Crippen LogP contribution in [0.15, 0.2) is 48.9 Å². The molecule has 0 atom stereocenters. The van der Waals surface area contributed by atoms with Crippen LogP contribution in [-0.4, -0.2) is 21.6 Å². The Labute approximate surface area is 128 Å². The van der Waals surface area contributed by atoms with Gasteiger partial charge in [0.1, 0.15) is 12.1 Å². The number of aromatic amines is 1. The van der Waals surface area contributed by atoms with Crippen molar-refractivity contribution in [3.05, 3.63) is 54.5 Å². The Bertz CT molecular complexity index is 965. The molecule has 0 aliphatic carbocycles. The van der Waals surface area contributed by atoms with Crippen LogP contribution in [0.25, 0.3) is 27.6 Å². The molecule has 110 valence electrons. The number of nitrogens with zero attached hydrogens (tertiary/aromatic N) is 2. The van der Waals surface area contributed by atoms with E-state index in [1.165, 1.54) is 16.5 Å². The monoisotopic (exact) mass is 291 g/mol. The third-order valence-electron chi connectivity index (χ3n) is 4.16. The minimum Gasteiger partial charge on any atom is -0.497 e. The van der Waals surface area contributed by atoms with Crippen molar-refractivity contribution in [2.45, 2.75) is 13.3 Å². The molecule has 0 saturated carbocycles. The van der Waals surface area contributed by atoms with Crippen LogP contribution in [0.5, 0.6) is 5.75 Å². The summed E-state index contributed by atoms with van der Waals surface area (Å²) in [7, 11) is 1.67. The van der Waals surface area contributed by atoms with Crippen molar-refractivity contribution in [3.63, 3.8) is 0 Å². The fraction of sp³-hybridized carbons (Fsp3) is 0.167. The van der Waals surface area contributed by atoms with E-state index in [0.717, 1.165) is 28.9 Å². The molecule has 2 heterocycles. The quantitative estimate of drug-likeness (QED) is 0.618. The number of H-pyrrole nitrogens is 1. The molecule has 0 amide bonds. The summed E-state index contributed by atoms with van der Waals surface area (Å²) >= 11 is 0. The molecule has 0 aliphatic rings. The van der Waals surface area contributed by atoms with Crippen molar-refractivity contribution in [3.8, 4) is 11.4 Å². The third-order valence-corrected chi connectivity index (χ3v) is 4.16. The van der Waals surface area contributed by atoms with E-state index in [1.54, 1.807) is 7.11 Å². The molecule has 4 aromatic rings. The molecule has 0 aliphatic heterocycles. The first-order chi connectivity index (χ1) is 10.8. The molecule has 2 aromatic heterocycles. The lowest BCUT2D eigenvalue weighted by atomic mass is 10.1. The number of ether oxygens (including phenoxy) is 1. The van der Waals surface area contributed by atoms with Crippen LogP contribution in [0.3, 0.4) is 0 Å². The lowest BCUT2D eigenvalue weighted by Gasteiger charge is -2.06. The van der Waals surface area contributed by atoms with Gasteiger partial charge in [0.15, 0.2) is 0 Å². The van der Waals surface area contributed by atoms with Crippen LogP contribution in [0, 0.1) is 0 Å². The molecule has 0 spiro atoms. The van der Waals surface area contributed by atoms with E-state index in [-0.39, 0.29) is 0 Å². The van der Waals surface area contributed by atoms with Crippen LogP contribution < -0.4 is 4.74 Å². The number of aryl methyl sites for hydroxylation is 1. The minimum atomic E-state index is 0.826. The number of fused-ring (bicyclic) bond motifs is 2. The molecule has 4 heteroatoms. The minimum absolute atomic E-state index is 0.826. The number of aromatic nitrogens is 3. The number of methoxy groups -OCH3 is 1. The van der Waals surface area contributed by atoms with E-state index in [1.807, 2.05) is 24.5 Å². The van der Waals surface area contributed by atoms with Gasteiger partial charge in [-0.1, -0.05) is 6.92 Å². The van der Waals surface area contributed by atoms with E-state index in [0.29, 0.717) is 0 Å². The van der Waals surface area contributed by atoms with E-state index in [2.05, 4.69) is 45.9 Å².